The molecule has 0 amide bonds. The lowest BCUT2D eigenvalue weighted by atomic mass is 10.3. The number of fused-ring (bicyclic) bond motifs is 1. The monoisotopic (exact) mass is 408 g/mol. The van der Waals surface area contributed by atoms with Gasteiger partial charge in [-0.05, 0) is 36.8 Å². The standard InChI is InChI=1S/C20H17ClN6O2/c21-13-1-3-14(4-2-13)26-8-6-15(11-26)27-12-16(9-23-27)29-20-24-18-10-22-7-5-17(18)19(28)25-20/h1-5,7,9-10,12,15H,6,8,11H2,(H,24,25,28)/t15-/m0/s1. The molecule has 1 N–H and O–H groups in total. The molecule has 8 nitrogen and oxygen atoms in total. The largest absolute Gasteiger partial charge is 0.422 e. The molecule has 5 rings (SSSR count). The molecule has 0 spiro atoms. The predicted octanol–water partition coefficient (Wildman–Crippen LogP) is 3.41. The van der Waals surface area contributed by atoms with Gasteiger partial charge in [0.05, 0.1) is 35.5 Å². The van der Waals surface area contributed by atoms with E-state index in [1.54, 1.807) is 18.5 Å². The van der Waals surface area contributed by atoms with Crippen molar-refractivity contribution in [3.63, 3.8) is 0 Å². The fourth-order valence-electron chi connectivity index (χ4n) is 3.55. The second-order valence-electron chi connectivity index (χ2n) is 6.89. The summed E-state index contributed by atoms with van der Waals surface area (Å²) in [6.45, 7) is 1.79. The number of ether oxygens (including phenoxy) is 1. The van der Waals surface area contributed by atoms with E-state index in [2.05, 4.69) is 25.0 Å². The average molecular weight is 409 g/mol. The highest BCUT2D eigenvalue weighted by Crippen LogP contribution is 2.29. The number of halogens is 1. The molecule has 1 atom stereocenters. The van der Waals surface area contributed by atoms with E-state index in [1.807, 2.05) is 35.1 Å². The van der Waals surface area contributed by atoms with Crippen LogP contribution in [0.3, 0.4) is 0 Å². The van der Waals surface area contributed by atoms with Crippen molar-refractivity contribution in [3.8, 4) is 11.8 Å². The minimum absolute atomic E-state index is 0.115. The van der Waals surface area contributed by atoms with Crippen LogP contribution < -0.4 is 15.2 Å². The minimum Gasteiger partial charge on any atom is -0.422 e. The molecular weight excluding hydrogens is 392 g/mol. The normalized spacial score (nSPS) is 16.4. The maximum absolute atomic E-state index is 12.2. The van der Waals surface area contributed by atoms with Crippen LogP contribution in [0, 0.1) is 0 Å². The number of hydrogen-bond acceptors (Lipinski definition) is 6. The third kappa shape index (κ3) is 3.54. The van der Waals surface area contributed by atoms with Gasteiger partial charge in [0.25, 0.3) is 5.56 Å². The van der Waals surface area contributed by atoms with Crippen molar-refractivity contribution >= 4 is 28.2 Å². The van der Waals surface area contributed by atoms with Crippen LogP contribution in [-0.2, 0) is 0 Å². The van der Waals surface area contributed by atoms with Crippen molar-refractivity contribution < 1.29 is 4.74 Å². The van der Waals surface area contributed by atoms with Crippen molar-refractivity contribution in [1.29, 1.82) is 0 Å². The zero-order chi connectivity index (χ0) is 19.8. The summed E-state index contributed by atoms with van der Waals surface area (Å²) in [4.78, 5) is 25.4. The number of rotatable bonds is 4. The molecule has 0 radical (unpaired) electrons. The van der Waals surface area contributed by atoms with Gasteiger partial charge in [0.2, 0.25) is 0 Å². The van der Waals surface area contributed by atoms with Crippen molar-refractivity contribution in [2.75, 3.05) is 18.0 Å². The molecule has 1 aromatic carbocycles. The maximum atomic E-state index is 12.2. The summed E-state index contributed by atoms with van der Waals surface area (Å²) >= 11 is 5.98. The Morgan fingerprint density at radius 3 is 2.90 bits per heavy atom. The summed E-state index contributed by atoms with van der Waals surface area (Å²) in [6, 6.07) is 9.82. The number of aromatic amines is 1. The number of nitrogens with zero attached hydrogens (tertiary/aromatic N) is 5. The van der Waals surface area contributed by atoms with Gasteiger partial charge in [0, 0.05) is 30.0 Å². The Kier molecular flexibility index (Phi) is 4.40. The van der Waals surface area contributed by atoms with E-state index >= 15 is 0 Å². The van der Waals surface area contributed by atoms with Crippen LogP contribution in [0.5, 0.6) is 11.8 Å². The van der Waals surface area contributed by atoms with E-state index in [4.69, 9.17) is 16.3 Å². The highest BCUT2D eigenvalue weighted by atomic mass is 35.5. The van der Waals surface area contributed by atoms with Crippen LogP contribution in [0.2, 0.25) is 5.02 Å². The van der Waals surface area contributed by atoms with Crippen LogP contribution in [0.1, 0.15) is 12.5 Å². The van der Waals surface area contributed by atoms with Crippen LogP contribution >= 0.6 is 11.6 Å². The van der Waals surface area contributed by atoms with Crippen LogP contribution in [0.4, 0.5) is 5.69 Å². The highest BCUT2D eigenvalue weighted by Gasteiger charge is 2.25. The molecule has 1 aliphatic rings. The Labute approximate surface area is 170 Å². The fourth-order valence-corrected chi connectivity index (χ4v) is 3.67. The lowest BCUT2D eigenvalue weighted by Crippen LogP contribution is -2.20. The van der Waals surface area contributed by atoms with Crippen molar-refractivity contribution in [1.82, 2.24) is 24.7 Å². The molecule has 4 heterocycles. The molecule has 146 valence electrons. The number of pyridine rings is 1. The molecule has 29 heavy (non-hydrogen) atoms. The molecule has 0 bridgehead atoms. The first-order valence-electron chi connectivity index (χ1n) is 9.22. The van der Waals surface area contributed by atoms with E-state index in [9.17, 15) is 4.79 Å². The van der Waals surface area contributed by atoms with Crippen LogP contribution in [0.15, 0.2) is 59.9 Å². The average Bonchev–Trinajstić information content (AvgIpc) is 3.38. The summed E-state index contributed by atoms with van der Waals surface area (Å²) in [5.74, 6) is 0.515. The van der Waals surface area contributed by atoms with Gasteiger partial charge in [-0.2, -0.15) is 10.1 Å². The second kappa shape index (κ2) is 7.21. The van der Waals surface area contributed by atoms with Crippen molar-refractivity contribution in [2.45, 2.75) is 12.5 Å². The van der Waals surface area contributed by atoms with Crippen molar-refractivity contribution in [3.05, 3.63) is 70.5 Å². The number of hydrogen-bond donors (Lipinski definition) is 1. The number of aromatic nitrogens is 5. The molecule has 1 aliphatic heterocycles. The van der Waals surface area contributed by atoms with Gasteiger partial charge in [0.15, 0.2) is 5.75 Å². The van der Waals surface area contributed by atoms with E-state index < -0.39 is 0 Å². The van der Waals surface area contributed by atoms with E-state index in [0.29, 0.717) is 16.7 Å². The zero-order valence-electron chi connectivity index (χ0n) is 15.3. The molecular formula is C20H17ClN6O2. The van der Waals surface area contributed by atoms with Gasteiger partial charge in [-0.3, -0.25) is 19.4 Å². The predicted molar refractivity (Wildman–Crippen MR) is 110 cm³/mol. The smallest absolute Gasteiger partial charge is 0.302 e. The molecule has 1 saturated heterocycles. The maximum Gasteiger partial charge on any atom is 0.302 e. The molecule has 1 fully saturated rings. The third-order valence-corrected chi connectivity index (χ3v) is 5.26. The lowest BCUT2D eigenvalue weighted by molar-refractivity contribution is 0.438. The Morgan fingerprint density at radius 2 is 2.03 bits per heavy atom. The summed E-state index contributed by atoms with van der Waals surface area (Å²) in [5, 5.41) is 5.63. The Hall–Kier alpha value is -3.39. The van der Waals surface area contributed by atoms with Gasteiger partial charge < -0.3 is 9.64 Å². The van der Waals surface area contributed by atoms with Crippen LogP contribution in [0.25, 0.3) is 10.9 Å². The number of nitrogens with one attached hydrogen (secondary N) is 1. The van der Waals surface area contributed by atoms with Gasteiger partial charge in [0.1, 0.15) is 0 Å². The van der Waals surface area contributed by atoms with Crippen molar-refractivity contribution in [2.24, 2.45) is 0 Å². The van der Waals surface area contributed by atoms with Gasteiger partial charge in [-0.25, -0.2) is 0 Å². The zero-order valence-corrected chi connectivity index (χ0v) is 16.1. The van der Waals surface area contributed by atoms with E-state index in [-0.39, 0.29) is 17.6 Å². The molecule has 0 saturated carbocycles. The Balaban J connectivity index is 1.31. The Bertz CT molecular complexity index is 1220. The summed E-state index contributed by atoms with van der Waals surface area (Å²) in [6.07, 6.45) is 7.51. The van der Waals surface area contributed by atoms with Gasteiger partial charge >= 0.3 is 6.01 Å². The SMILES string of the molecule is O=c1[nH]c(Oc2cnn([C@H]3CCN(c4ccc(Cl)cc4)C3)c2)nc2cnccc12. The second-order valence-corrected chi connectivity index (χ2v) is 7.32. The summed E-state index contributed by atoms with van der Waals surface area (Å²) in [5.41, 5.74) is 1.36. The first kappa shape index (κ1) is 17.7. The third-order valence-electron chi connectivity index (χ3n) is 5.01. The number of benzene rings is 1. The molecule has 9 heteroatoms. The molecule has 0 unspecified atom stereocenters. The first-order valence-corrected chi connectivity index (χ1v) is 9.60. The highest BCUT2D eigenvalue weighted by molar-refractivity contribution is 6.30. The van der Waals surface area contributed by atoms with Gasteiger partial charge in [-0.15, -0.1) is 0 Å². The topological polar surface area (TPSA) is 88.9 Å². The summed E-state index contributed by atoms with van der Waals surface area (Å²) in [7, 11) is 0. The fraction of sp³-hybridized carbons (Fsp3) is 0.200. The molecule has 4 aromatic rings. The van der Waals surface area contributed by atoms with Crippen LogP contribution in [-0.4, -0.2) is 37.8 Å². The van der Waals surface area contributed by atoms with E-state index in [0.717, 1.165) is 30.2 Å². The summed E-state index contributed by atoms with van der Waals surface area (Å²) < 4.78 is 7.62. The lowest BCUT2D eigenvalue weighted by Gasteiger charge is -2.18. The van der Waals surface area contributed by atoms with E-state index in [1.165, 1.54) is 6.20 Å². The first-order chi connectivity index (χ1) is 14.2. The van der Waals surface area contributed by atoms with Gasteiger partial charge in [-0.1, -0.05) is 11.6 Å². The molecule has 0 aliphatic carbocycles. The molecule has 3 aromatic heterocycles. The number of H-pyrrole nitrogens is 1. The Morgan fingerprint density at radius 1 is 1.17 bits per heavy atom. The minimum atomic E-state index is -0.269. The quantitative estimate of drug-likeness (QED) is 0.556. The number of anilines is 1.